The summed E-state index contributed by atoms with van der Waals surface area (Å²) in [6.45, 7) is 7.63. The van der Waals surface area contributed by atoms with Crippen molar-refractivity contribution in [2.45, 2.75) is 57.7 Å². The van der Waals surface area contributed by atoms with Crippen LogP contribution in [-0.4, -0.2) is 27.4 Å². The molecule has 0 saturated carbocycles. The maximum Gasteiger partial charge on any atom is 0.0459 e. The molecule has 1 radical (unpaired) electrons. The summed E-state index contributed by atoms with van der Waals surface area (Å²) in [4.78, 5) is 0. The molecule has 1 aliphatic rings. The van der Waals surface area contributed by atoms with Gasteiger partial charge >= 0.3 is 0 Å². The van der Waals surface area contributed by atoms with Crippen LogP contribution in [-0.2, 0) is 5.21 Å². The van der Waals surface area contributed by atoms with E-state index in [4.69, 9.17) is 5.21 Å². The van der Waals surface area contributed by atoms with Gasteiger partial charge in [-0.2, -0.15) is 0 Å². The topological polar surface area (TPSA) is 55.4 Å². The van der Waals surface area contributed by atoms with Crippen molar-refractivity contribution in [1.82, 2.24) is 10.5 Å². The van der Waals surface area contributed by atoms with Crippen LogP contribution in [0.3, 0.4) is 0 Å². The maximum atomic E-state index is 11.8. The first-order valence-electron chi connectivity index (χ1n) is 4.67. The van der Waals surface area contributed by atoms with E-state index in [9.17, 15) is 5.21 Å². The minimum atomic E-state index is -0.401. The zero-order valence-electron chi connectivity index (χ0n) is 8.79. The molecule has 4 nitrogen and oxygen atoms in total. The van der Waals surface area contributed by atoms with Crippen molar-refractivity contribution in [2.24, 2.45) is 0 Å². The number of hydroxylamine groups is 3. The Kier molecular flexibility index (Phi) is 2.69. The van der Waals surface area contributed by atoms with Gasteiger partial charge in [0, 0.05) is 17.1 Å². The van der Waals surface area contributed by atoms with Gasteiger partial charge in [-0.15, -0.1) is 10.3 Å². The molecule has 0 amide bonds. The fourth-order valence-electron chi connectivity index (χ4n) is 2.35. The number of nitrogens with zero attached hydrogens (tertiary/aromatic N) is 1. The SMILES string of the molecule is CC1(C)CC(NO)CC(C)(C)N1[O]. The van der Waals surface area contributed by atoms with Gasteiger partial charge in [-0.05, 0) is 40.5 Å². The molecule has 0 aromatic carbocycles. The van der Waals surface area contributed by atoms with Crippen molar-refractivity contribution in [2.75, 3.05) is 0 Å². The highest BCUT2D eigenvalue weighted by atomic mass is 16.5. The lowest BCUT2D eigenvalue weighted by Gasteiger charge is -2.49. The molecule has 2 N–H and O–H groups in total. The fraction of sp³-hybridized carbons (Fsp3) is 1.00. The number of piperidine rings is 1. The standard InChI is InChI=1S/C9H19N2O2/c1-8(2)5-7(10-12)6-9(3,4)11(8)13/h7,10,12H,5-6H2,1-4H3. The first-order chi connectivity index (χ1) is 5.79. The van der Waals surface area contributed by atoms with E-state index < -0.39 is 11.1 Å². The van der Waals surface area contributed by atoms with Crippen LogP contribution in [0.4, 0.5) is 0 Å². The number of hydrogen-bond acceptors (Lipinski definition) is 3. The normalized spacial score (nSPS) is 29.1. The zero-order chi connectivity index (χ0) is 10.3. The van der Waals surface area contributed by atoms with Gasteiger partial charge in [-0.25, -0.2) is 5.48 Å². The molecule has 0 bridgehead atoms. The summed E-state index contributed by atoms with van der Waals surface area (Å²) in [5, 5.41) is 21.9. The largest absolute Gasteiger partial charge is 0.317 e. The van der Waals surface area contributed by atoms with Crippen LogP contribution in [0.15, 0.2) is 0 Å². The van der Waals surface area contributed by atoms with Crippen molar-refractivity contribution < 1.29 is 10.4 Å². The molecule has 0 unspecified atom stereocenters. The second kappa shape index (κ2) is 3.20. The summed E-state index contributed by atoms with van der Waals surface area (Å²) in [5.41, 5.74) is 1.47. The lowest BCUT2D eigenvalue weighted by Crippen LogP contribution is -2.61. The molecule has 1 rings (SSSR count). The molecule has 0 aliphatic carbocycles. The highest BCUT2D eigenvalue weighted by Gasteiger charge is 2.45. The van der Waals surface area contributed by atoms with E-state index in [2.05, 4.69) is 5.48 Å². The fourth-order valence-corrected chi connectivity index (χ4v) is 2.35. The molecule has 1 saturated heterocycles. The summed E-state index contributed by atoms with van der Waals surface area (Å²) >= 11 is 0. The van der Waals surface area contributed by atoms with E-state index >= 15 is 0 Å². The van der Waals surface area contributed by atoms with Crippen LogP contribution in [0.5, 0.6) is 0 Å². The molecule has 1 aliphatic heterocycles. The Morgan fingerprint density at radius 2 is 1.62 bits per heavy atom. The molecule has 13 heavy (non-hydrogen) atoms. The molecule has 1 fully saturated rings. The Labute approximate surface area is 79.5 Å². The molecule has 0 aromatic rings. The summed E-state index contributed by atoms with van der Waals surface area (Å²) in [6, 6.07) is 0.0233. The van der Waals surface area contributed by atoms with Crippen LogP contribution in [0.1, 0.15) is 40.5 Å². The van der Waals surface area contributed by atoms with E-state index in [1.165, 1.54) is 0 Å². The Bertz CT molecular complexity index is 174. The van der Waals surface area contributed by atoms with Crippen LogP contribution < -0.4 is 5.48 Å². The molecular weight excluding hydrogens is 168 g/mol. The van der Waals surface area contributed by atoms with Gasteiger partial charge in [-0.1, -0.05) is 0 Å². The predicted molar refractivity (Wildman–Crippen MR) is 48.6 cm³/mol. The average molecular weight is 187 g/mol. The van der Waals surface area contributed by atoms with Crippen LogP contribution in [0.2, 0.25) is 0 Å². The summed E-state index contributed by atoms with van der Waals surface area (Å²) in [5.74, 6) is 0. The Balaban J connectivity index is 2.82. The number of rotatable bonds is 1. The highest BCUT2D eigenvalue weighted by Crippen LogP contribution is 2.36. The van der Waals surface area contributed by atoms with Gasteiger partial charge in [0.1, 0.15) is 0 Å². The number of nitrogens with one attached hydrogen (secondary N) is 1. The van der Waals surface area contributed by atoms with E-state index in [-0.39, 0.29) is 6.04 Å². The van der Waals surface area contributed by atoms with Crippen molar-refractivity contribution in [3.63, 3.8) is 0 Å². The zero-order valence-corrected chi connectivity index (χ0v) is 8.79. The molecule has 0 aromatic heterocycles. The Morgan fingerprint density at radius 3 is 1.92 bits per heavy atom. The quantitative estimate of drug-likeness (QED) is 0.609. The molecule has 77 valence electrons. The minimum Gasteiger partial charge on any atom is -0.317 e. The first-order valence-corrected chi connectivity index (χ1v) is 4.67. The summed E-state index contributed by atoms with van der Waals surface area (Å²) in [7, 11) is 0. The average Bonchev–Trinajstić information content (AvgIpc) is 1.99. The molecule has 1 heterocycles. The van der Waals surface area contributed by atoms with Crippen LogP contribution >= 0.6 is 0 Å². The second-order valence-electron chi connectivity index (χ2n) is 5.15. The third-order valence-corrected chi connectivity index (χ3v) is 2.77. The van der Waals surface area contributed by atoms with Gasteiger partial charge in [0.25, 0.3) is 0 Å². The Hall–Kier alpha value is -0.160. The molecular formula is C9H19N2O2. The molecule has 0 atom stereocenters. The van der Waals surface area contributed by atoms with Crippen molar-refractivity contribution in [3.8, 4) is 0 Å². The van der Waals surface area contributed by atoms with Gasteiger partial charge in [0.05, 0.1) is 0 Å². The first kappa shape index (κ1) is 10.9. The third-order valence-electron chi connectivity index (χ3n) is 2.77. The van der Waals surface area contributed by atoms with Crippen LogP contribution in [0, 0.1) is 0 Å². The maximum absolute atomic E-state index is 11.8. The smallest absolute Gasteiger partial charge is 0.0459 e. The van der Waals surface area contributed by atoms with E-state index in [1.54, 1.807) is 0 Å². The van der Waals surface area contributed by atoms with Gasteiger partial charge < -0.3 is 5.21 Å². The monoisotopic (exact) mass is 187 g/mol. The van der Waals surface area contributed by atoms with Crippen LogP contribution in [0.25, 0.3) is 0 Å². The van der Waals surface area contributed by atoms with Gasteiger partial charge in [-0.3, -0.25) is 0 Å². The summed E-state index contributed by atoms with van der Waals surface area (Å²) < 4.78 is 0. The Morgan fingerprint density at radius 1 is 1.23 bits per heavy atom. The van der Waals surface area contributed by atoms with Crippen molar-refractivity contribution in [3.05, 3.63) is 0 Å². The number of hydrogen-bond donors (Lipinski definition) is 2. The molecule has 4 heteroatoms. The third kappa shape index (κ3) is 2.02. The van der Waals surface area contributed by atoms with E-state index in [1.807, 2.05) is 27.7 Å². The van der Waals surface area contributed by atoms with Crippen molar-refractivity contribution in [1.29, 1.82) is 0 Å². The highest BCUT2D eigenvalue weighted by molar-refractivity contribution is 4.97. The lowest BCUT2D eigenvalue weighted by atomic mass is 9.79. The summed E-state index contributed by atoms with van der Waals surface area (Å²) in [6.07, 6.45) is 1.35. The van der Waals surface area contributed by atoms with Gasteiger partial charge in [0.2, 0.25) is 0 Å². The van der Waals surface area contributed by atoms with E-state index in [0.717, 1.165) is 5.06 Å². The van der Waals surface area contributed by atoms with Crippen molar-refractivity contribution >= 4 is 0 Å². The lowest BCUT2D eigenvalue weighted by molar-refractivity contribution is -0.292. The van der Waals surface area contributed by atoms with Gasteiger partial charge in [0.15, 0.2) is 0 Å². The predicted octanol–water partition coefficient (Wildman–Crippen LogP) is 1.33. The van der Waals surface area contributed by atoms with E-state index in [0.29, 0.717) is 12.8 Å². The molecule has 0 spiro atoms. The second-order valence-corrected chi connectivity index (χ2v) is 5.15. The minimum absolute atomic E-state index is 0.0233.